The Balaban J connectivity index is 1.02. The number of hydrogen-bond donors (Lipinski definition) is 0. The van der Waals surface area contributed by atoms with Gasteiger partial charge in [0.2, 0.25) is 0 Å². The van der Waals surface area contributed by atoms with Gasteiger partial charge in [0.25, 0.3) is 0 Å². The van der Waals surface area contributed by atoms with Crippen LogP contribution in [0.3, 0.4) is 0 Å². The number of fused-ring (bicyclic) bond motifs is 9. The molecule has 1 aliphatic carbocycles. The van der Waals surface area contributed by atoms with Gasteiger partial charge >= 0.3 is 0 Å². The molecule has 2 heterocycles. The fourth-order valence-corrected chi connectivity index (χ4v) is 13.0. The predicted molar refractivity (Wildman–Crippen MR) is 275 cm³/mol. The number of thiophene rings is 2. The highest BCUT2D eigenvalue weighted by Gasteiger charge is 2.47. The SMILES string of the molecule is c1ccc(C2(c3ccccc3)c3ccccc3-c3c(N(c4ccc(-c5cccc6c5sc5ccccc56)cc4)c4ccc(-c5cccc6sc7ccccc7c56)cc4)cccc32)cc1. The van der Waals surface area contributed by atoms with E-state index < -0.39 is 5.41 Å². The van der Waals surface area contributed by atoms with E-state index in [1.54, 1.807) is 0 Å². The summed E-state index contributed by atoms with van der Waals surface area (Å²) < 4.78 is 5.28. The zero-order chi connectivity index (χ0) is 42.2. The van der Waals surface area contributed by atoms with Gasteiger partial charge in [0.05, 0.1) is 11.1 Å². The lowest BCUT2D eigenvalue weighted by atomic mass is 9.68. The normalized spacial score (nSPS) is 12.8. The maximum atomic E-state index is 2.48. The molecule has 0 bridgehead atoms. The maximum absolute atomic E-state index is 2.48. The smallest absolute Gasteiger partial charge is 0.0714 e. The molecular formula is C61H39NS2. The minimum absolute atomic E-state index is 0.505. The Morgan fingerprint density at radius 3 is 1.55 bits per heavy atom. The third-order valence-electron chi connectivity index (χ3n) is 13.4. The summed E-state index contributed by atoms with van der Waals surface area (Å²) in [6.07, 6.45) is 0. The van der Waals surface area contributed by atoms with E-state index in [1.165, 1.54) is 96.0 Å². The van der Waals surface area contributed by atoms with E-state index in [-0.39, 0.29) is 0 Å². The number of anilines is 3. The lowest BCUT2D eigenvalue weighted by Crippen LogP contribution is -2.28. The Morgan fingerprint density at radius 1 is 0.328 bits per heavy atom. The van der Waals surface area contributed by atoms with Crippen molar-refractivity contribution in [2.75, 3.05) is 4.90 Å². The van der Waals surface area contributed by atoms with Gasteiger partial charge in [-0.1, -0.05) is 188 Å². The number of nitrogens with zero attached hydrogens (tertiary/aromatic N) is 1. The molecule has 0 saturated carbocycles. The molecule has 0 amide bonds. The first kappa shape index (κ1) is 37.0. The Labute approximate surface area is 380 Å². The monoisotopic (exact) mass is 849 g/mol. The molecule has 0 aliphatic heterocycles. The second kappa shape index (κ2) is 14.8. The van der Waals surface area contributed by atoms with Crippen LogP contribution in [0, 0.1) is 0 Å². The van der Waals surface area contributed by atoms with E-state index in [0.717, 1.165) is 17.1 Å². The van der Waals surface area contributed by atoms with Gasteiger partial charge in [-0.25, -0.2) is 0 Å². The fourth-order valence-electron chi connectivity index (χ4n) is 10.7. The van der Waals surface area contributed by atoms with Crippen LogP contribution >= 0.6 is 22.7 Å². The first-order valence-corrected chi connectivity index (χ1v) is 23.5. The van der Waals surface area contributed by atoms with Crippen molar-refractivity contribution in [1.29, 1.82) is 0 Å². The molecule has 0 fully saturated rings. The number of rotatable bonds is 7. The standard InChI is InChI=1S/C61H39NS2/c1-3-16-42(17-4-1)61(43-18-5-2-6-19-43)52-26-10-7-21-50(52)59-53(61)27-15-28-54(59)62(44-36-32-40(33-37-44)46-23-14-31-57-58(46)51-22-9-12-30-56(51)63-57)45-38-34-41(35-39-45)47-24-13-25-49-48-20-8-11-29-55(48)64-60(47)49/h1-39H. The van der Waals surface area contributed by atoms with Crippen molar-refractivity contribution in [3.8, 4) is 33.4 Å². The van der Waals surface area contributed by atoms with E-state index in [9.17, 15) is 0 Å². The van der Waals surface area contributed by atoms with Crippen molar-refractivity contribution in [1.82, 2.24) is 0 Å². The minimum atomic E-state index is -0.505. The van der Waals surface area contributed by atoms with Crippen LogP contribution in [0.5, 0.6) is 0 Å². The van der Waals surface area contributed by atoms with Crippen molar-refractivity contribution in [3.05, 3.63) is 259 Å². The minimum Gasteiger partial charge on any atom is -0.310 e. The number of benzene rings is 10. The summed E-state index contributed by atoms with van der Waals surface area (Å²) in [7, 11) is 0. The van der Waals surface area contributed by atoms with E-state index in [0.29, 0.717) is 0 Å². The van der Waals surface area contributed by atoms with Crippen LogP contribution in [0.25, 0.3) is 73.7 Å². The summed E-state index contributed by atoms with van der Waals surface area (Å²) in [5, 5.41) is 5.27. The van der Waals surface area contributed by atoms with Crippen molar-refractivity contribution in [3.63, 3.8) is 0 Å². The summed E-state index contributed by atoms with van der Waals surface area (Å²) in [6.45, 7) is 0. The molecule has 64 heavy (non-hydrogen) atoms. The average molecular weight is 850 g/mol. The highest BCUT2D eigenvalue weighted by molar-refractivity contribution is 7.26. The molecule has 2 aromatic heterocycles. The molecule has 13 rings (SSSR count). The largest absolute Gasteiger partial charge is 0.310 e. The van der Waals surface area contributed by atoms with Gasteiger partial charge in [0.15, 0.2) is 0 Å². The van der Waals surface area contributed by atoms with Crippen LogP contribution in [0.4, 0.5) is 17.1 Å². The van der Waals surface area contributed by atoms with Crippen LogP contribution in [-0.4, -0.2) is 0 Å². The van der Waals surface area contributed by atoms with E-state index in [1.807, 2.05) is 22.7 Å². The highest BCUT2D eigenvalue weighted by atomic mass is 32.1. The maximum Gasteiger partial charge on any atom is 0.0714 e. The van der Waals surface area contributed by atoms with Gasteiger partial charge in [-0.15, -0.1) is 22.7 Å². The second-order valence-electron chi connectivity index (χ2n) is 16.7. The first-order valence-electron chi connectivity index (χ1n) is 21.9. The summed E-state index contributed by atoms with van der Waals surface area (Å²) in [6, 6.07) is 87.7. The van der Waals surface area contributed by atoms with Gasteiger partial charge < -0.3 is 4.90 Å². The molecule has 0 unspecified atom stereocenters. The molecule has 1 nitrogen and oxygen atoms in total. The van der Waals surface area contributed by atoms with Crippen LogP contribution < -0.4 is 4.90 Å². The fraction of sp³-hybridized carbons (Fsp3) is 0.0164. The molecule has 0 radical (unpaired) electrons. The van der Waals surface area contributed by atoms with Gasteiger partial charge in [-0.05, 0) is 98.6 Å². The molecule has 300 valence electrons. The van der Waals surface area contributed by atoms with Crippen molar-refractivity contribution in [2.24, 2.45) is 0 Å². The van der Waals surface area contributed by atoms with Crippen molar-refractivity contribution >= 4 is 80.1 Å². The van der Waals surface area contributed by atoms with Crippen LogP contribution in [-0.2, 0) is 5.41 Å². The lowest BCUT2D eigenvalue weighted by Gasteiger charge is -2.34. The molecule has 0 saturated heterocycles. The number of hydrogen-bond acceptors (Lipinski definition) is 3. The average Bonchev–Trinajstić information content (AvgIpc) is 4.04. The van der Waals surface area contributed by atoms with Gasteiger partial charge in [-0.3, -0.25) is 0 Å². The van der Waals surface area contributed by atoms with Crippen LogP contribution in [0.1, 0.15) is 22.3 Å². The molecule has 0 atom stereocenters. The Morgan fingerprint density at radius 2 is 0.828 bits per heavy atom. The van der Waals surface area contributed by atoms with Gasteiger partial charge in [0, 0.05) is 57.3 Å². The van der Waals surface area contributed by atoms with Gasteiger partial charge in [0.1, 0.15) is 0 Å². The van der Waals surface area contributed by atoms with Crippen molar-refractivity contribution < 1.29 is 0 Å². The third kappa shape index (κ3) is 5.55. The van der Waals surface area contributed by atoms with E-state index >= 15 is 0 Å². The summed E-state index contributed by atoms with van der Waals surface area (Å²) in [4.78, 5) is 2.48. The van der Waals surface area contributed by atoms with E-state index in [2.05, 4.69) is 241 Å². The second-order valence-corrected chi connectivity index (χ2v) is 18.8. The molecule has 1 aliphatic rings. The Bertz CT molecular complexity index is 3670. The molecular weight excluding hydrogens is 811 g/mol. The lowest BCUT2D eigenvalue weighted by molar-refractivity contribution is 0.768. The van der Waals surface area contributed by atoms with Crippen LogP contribution in [0.2, 0.25) is 0 Å². The quantitative estimate of drug-likeness (QED) is 0.154. The van der Waals surface area contributed by atoms with Gasteiger partial charge in [-0.2, -0.15) is 0 Å². The van der Waals surface area contributed by atoms with Crippen molar-refractivity contribution in [2.45, 2.75) is 5.41 Å². The molecule has 0 spiro atoms. The zero-order valence-electron chi connectivity index (χ0n) is 34.8. The first-order chi connectivity index (χ1) is 31.8. The Hall–Kier alpha value is -7.56. The molecule has 3 heteroatoms. The predicted octanol–water partition coefficient (Wildman–Crippen LogP) is 17.6. The summed E-state index contributed by atoms with van der Waals surface area (Å²) >= 11 is 3.75. The molecule has 10 aromatic carbocycles. The molecule has 12 aromatic rings. The Kier molecular flexibility index (Phi) is 8.55. The third-order valence-corrected chi connectivity index (χ3v) is 15.7. The summed E-state index contributed by atoms with van der Waals surface area (Å²) in [5.41, 5.74) is 15.4. The highest BCUT2D eigenvalue weighted by Crippen LogP contribution is 2.59. The van der Waals surface area contributed by atoms with E-state index in [4.69, 9.17) is 0 Å². The van der Waals surface area contributed by atoms with Crippen LogP contribution in [0.15, 0.2) is 237 Å². The topological polar surface area (TPSA) is 3.24 Å². The molecule has 0 N–H and O–H groups in total. The zero-order valence-corrected chi connectivity index (χ0v) is 36.4. The summed E-state index contributed by atoms with van der Waals surface area (Å²) in [5.74, 6) is 0.